The summed E-state index contributed by atoms with van der Waals surface area (Å²) in [6.45, 7) is 2.42. The first-order chi connectivity index (χ1) is 14.8. The van der Waals surface area contributed by atoms with E-state index in [9.17, 15) is 9.59 Å². The lowest BCUT2D eigenvalue weighted by Gasteiger charge is -2.10. The smallest absolute Gasteiger partial charge is 0.298 e. The number of hydrogen-bond donors (Lipinski definition) is 1. The summed E-state index contributed by atoms with van der Waals surface area (Å²) in [6, 6.07) is 15.7. The summed E-state index contributed by atoms with van der Waals surface area (Å²) in [5.41, 5.74) is 5.79. The van der Waals surface area contributed by atoms with Gasteiger partial charge in [-0.25, -0.2) is 10.2 Å². The van der Waals surface area contributed by atoms with Crippen molar-refractivity contribution < 1.29 is 0 Å². The van der Waals surface area contributed by atoms with Gasteiger partial charge >= 0.3 is 5.69 Å². The van der Waals surface area contributed by atoms with Crippen molar-refractivity contribution in [2.45, 2.75) is 13.5 Å². The topological polar surface area (TPSA) is 86.2 Å². The number of aryl methyl sites for hydroxylation is 2. The maximum Gasteiger partial charge on any atom is 0.332 e. The normalized spacial score (nSPS) is 11.5. The molecule has 2 aromatic heterocycles. The quantitative estimate of drug-likeness (QED) is 0.351. The number of benzene rings is 2. The lowest BCUT2D eigenvalue weighted by Crippen LogP contribution is -2.37. The standard InChI is InChI=1S/C22H21BrN6O2/c1-14-5-4-6-16(11-14)13-29-18-19(27(2)22(31)28(3)20(18)30)25-21(29)26-24-12-15-7-9-17(23)10-8-15/h4-12H,13H2,1-3H3,(H,25,26)/b24-12-. The number of nitrogens with zero attached hydrogens (tertiary/aromatic N) is 5. The molecule has 31 heavy (non-hydrogen) atoms. The third-order valence-corrected chi connectivity index (χ3v) is 5.55. The molecular weight excluding hydrogens is 460 g/mol. The average molecular weight is 481 g/mol. The molecule has 0 saturated carbocycles. The Hall–Kier alpha value is -3.46. The summed E-state index contributed by atoms with van der Waals surface area (Å²) in [5, 5.41) is 4.29. The van der Waals surface area contributed by atoms with Gasteiger partial charge in [0.05, 0.1) is 12.8 Å². The molecule has 0 aliphatic carbocycles. The van der Waals surface area contributed by atoms with Crippen LogP contribution in [0.15, 0.2) is 67.7 Å². The highest BCUT2D eigenvalue weighted by Gasteiger charge is 2.19. The van der Waals surface area contributed by atoms with Gasteiger partial charge in [-0.2, -0.15) is 10.1 Å². The van der Waals surface area contributed by atoms with Gasteiger partial charge < -0.3 is 0 Å². The monoisotopic (exact) mass is 480 g/mol. The van der Waals surface area contributed by atoms with Crippen LogP contribution in [0.5, 0.6) is 0 Å². The highest BCUT2D eigenvalue weighted by molar-refractivity contribution is 9.10. The van der Waals surface area contributed by atoms with Crippen molar-refractivity contribution in [3.05, 3.63) is 90.5 Å². The van der Waals surface area contributed by atoms with Gasteiger partial charge in [-0.1, -0.05) is 57.9 Å². The molecule has 4 rings (SSSR count). The molecule has 2 aromatic carbocycles. The van der Waals surface area contributed by atoms with E-state index in [-0.39, 0.29) is 0 Å². The Morgan fingerprint density at radius 3 is 2.55 bits per heavy atom. The van der Waals surface area contributed by atoms with Crippen LogP contribution >= 0.6 is 15.9 Å². The highest BCUT2D eigenvalue weighted by Crippen LogP contribution is 2.18. The predicted octanol–water partition coefficient (Wildman–Crippen LogP) is 3.00. The Morgan fingerprint density at radius 2 is 1.84 bits per heavy atom. The molecule has 0 amide bonds. The van der Waals surface area contributed by atoms with Crippen LogP contribution in [0.3, 0.4) is 0 Å². The van der Waals surface area contributed by atoms with Gasteiger partial charge in [0.15, 0.2) is 11.2 Å². The molecule has 0 aliphatic heterocycles. The molecule has 0 saturated heterocycles. The zero-order valence-electron chi connectivity index (χ0n) is 17.3. The third kappa shape index (κ3) is 4.09. The van der Waals surface area contributed by atoms with Gasteiger partial charge in [0, 0.05) is 18.6 Å². The molecule has 0 bridgehead atoms. The molecule has 0 fully saturated rings. The maximum atomic E-state index is 12.9. The Bertz CT molecular complexity index is 1410. The Kier molecular flexibility index (Phi) is 5.60. The lowest BCUT2D eigenvalue weighted by molar-refractivity contribution is 0.702. The van der Waals surface area contributed by atoms with Gasteiger partial charge in [0.1, 0.15) is 0 Å². The number of nitrogens with one attached hydrogen (secondary N) is 1. The number of aromatic nitrogens is 4. The fraction of sp³-hybridized carbons (Fsp3) is 0.182. The van der Waals surface area contributed by atoms with Crippen molar-refractivity contribution in [2.24, 2.45) is 19.2 Å². The molecule has 0 radical (unpaired) electrons. The molecule has 9 heteroatoms. The van der Waals surface area contributed by atoms with Crippen LogP contribution in [0.2, 0.25) is 0 Å². The van der Waals surface area contributed by atoms with Gasteiger partial charge in [0.25, 0.3) is 5.56 Å². The first-order valence-corrected chi connectivity index (χ1v) is 10.4. The van der Waals surface area contributed by atoms with Crippen LogP contribution in [0.25, 0.3) is 11.2 Å². The average Bonchev–Trinajstić information content (AvgIpc) is 3.10. The molecule has 158 valence electrons. The molecular formula is C22H21BrN6O2. The van der Waals surface area contributed by atoms with Crippen molar-refractivity contribution in [2.75, 3.05) is 5.43 Å². The van der Waals surface area contributed by atoms with Gasteiger partial charge in [-0.3, -0.25) is 18.5 Å². The molecule has 8 nitrogen and oxygen atoms in total. The summed E-state index contributed by atoms with van der Waals surface area (Å²) in [6.07, 6.45) is 1.67. The van der Waals surface area contributed by atoms with E-state index in [1.165, 1.54) is 11.6 Å². The summed E-state index contributed by atoms with van der Waals surface area (Å²) in [5.74, 6) is 0.378. The number of fused-ring (bicyclic) bond motifs is 1. The van der Waals surface area contributed by atoms with Gasteiger partial charge in [0.2, 0.25) is 5.95 Å². The zero-order valence-corrected chi connectivity index (χ0v) is 18.9. The van der Waals surface area contributed by atoms with Crippen molar-refractivity contribution >= 4 is 39.3 Å². The molecule has 2 heterocycles. The lowest BCUT2D eigenvalue weighted by atomic mass is 10.1. The molecule has 0 aliphatic rings. The molecule has 0 atom stereocenters. The first-order valence-electron chi connectivity index (χ1n) is 9.61. The van der Waals surface area contributed by atoms with E-state index in [4.69, 9.17) is 0 Å². The second-order valence-corrected chi connectivity index (χ2v) is 8.23. The van der Waals surface area contributed by atoms with E-state index in [2.05, 4.69) is 31.4 Å². The van der Waals surface area contributed by atoms with Crippen molar-refractivity contribution in [1.29, 1.82) is 0 Å². The minimum Gasteiger partial charge on any atom is -0.298 e. The Labute approximate surface area is 186 Å². The molecule has 0 spiro atoms. The van der Waals surface area contributed by atoms with Crippen molar-refractivity contribution in [3.63, 3.8) is 0 Å². The van der Waals surface area contributed by atoms with E-state index in [0.29, 0.717) is 23.7 Å². The maximum absolute atomic E-state index is 12.9. The largest absolute Gasteiger partial charge is 0.332 e. The van der Waals surface area contributed by atoms with E-state index in [0.717, 1.165) is 25.7 Å². The van der Waals surface area contributed by atoms with E-state index in [1.54, 1.807) is 17.8 Å². The van der Waals surface area contributed by atoms with Crippen LogP contribution in [-0.2, 0) is 20.6 Å². The first kappa shape index (κ1) is 20.8. The number of hydrazone groups is 1. The predicted molar refractivity (Wildman–Crippen MR) is 126 cm³/mol. The van der Waals surface area contributed by atoms with Crippen molar-refractivity contribution in [3.8, 4) is 0 Å². The second-order valence-electron chi connectivity index (χ2n) is 7.31. The third-order valence-electron chi connectivity index (χ3n) is 5.02. The van der Waals surface area contributed by atoms with Crippen molar-refractivity contribution in [1.82, 2.24) is 18.7 Å². The van der Waals surface area contributed by atoms with Gasteiger partial charge in [-0.05, 0) is 30.2 Å². The van der Waals surface area contributed by atoms with Crippen LogP contribution in [0, 0.1) is 6.92 Å². The molecule has 4 aromatic rings. The van der Waals surface area contributed by atoms with Crippen LogP contribution < -0.4 is 16.7 Å². The number of halogens is 1. The summed E-state index contributed by atoms with van der Waals surface area (Å²) in [4.78, 5) is 29.8. The number of rotatable bonds is 5. The zero-order chi connectivity index (χ0) is 22.1. The SMILES string of the molecule is Cc1cccc(Cn2c(N/N=C\c3ccc(Br)cc3)nc3c2c(=O)n(C)c(=O)n3C)c1. The van der Waals surface area contributed by atoms with E-state index < -0.39 is 11.2 Å². The summed E-state index contributed by atoms with van der Waals surface area (Å²) in [7, 11) is 3.07. The molecule has 1 N–H and O–H groups in total. The van der Waals surface area contributed by atoms with Crippen LogP contribution in [-0.4, -0.2) is 24.9 Å². The Morgan fingerprint density at radius 1 is 1.10 bits per heavy atom. The number of anilines is 1. The van der Waals surface area contributed by atoms with Gasteiger partial charge in [-0.15, -0.1) is 0 Å². The second kappa shape index (κ2) is 8.35. The summed E-state index contributed by atoms with van der Waals surface area (Å²) >= 11 is 3.41. The molecule has 0 unspecified atom stereocenters. The van der Waals surface area contributed by atoms with Crippen LogP contribution in [0.4, 0.5) is 5.95 Å². The van der Waals surface area contributed by atoms with E-state index >= 15 is 0 Å². The summed E-state index contributed by atoms with van der Waals surface area (Å²) < 4.78 is 5.19. The fourth-order valence-electron chi connectivity index (χ4n) is 3.39. The number of hydrogen-bond acceptors (Lipinski definition) is 5. The minimum atomic E-state index is -0.428. The Balaban J connectivity index is 1.82. The fourth-order valence-corrected chi connectivity index (χ4v) is 3.66. The minimum absolute atomic E-state index is 0.307. The van der Waals surface area contributed by atoms with E-state index in [1.807, 2.05) is 55.5 Å². The van der Waals surface area contributed by atoms with Crippen LogP contribution in [0.1, 0.15) is 16.7 Å². The highest BCUT2D eigenvalue weighted by atomic mass is 79.9. The number of imidazole rings is 1.